The molecule has 110 valence electrons. The molecule has 1 amide bonds. The van der Waals surface area contributed by atoms with E-state index in [0.29, 0.717) is 12.6 Å². The maximum atomic E-state index is 11.1. The summed E-state index contributed by atoms with van der Waals surface area (Å²) in [6.45, 7) is 4.97. The van der Waals surface area contributed by atoms with Crippen LogP contribution in [-0.4, -0.2) is 36.5 Å². The molecule has 1 aliphatic heterocycles. The van der Waals surface area contributed by atoms with Gasteiger partial charge < -0.3 is 11.1 Å². The molecule has 1 aromatic heterocycles. The predicted molar refractivity (Wildman–Crippen MR) is 84.5 cm³/mol. The molecule has 19 heavy (non-hydrogen) atoms. The summed E-state index contributed by atoms with van der Waals surface area (Å²) in [5, 5.41) is 5.01. The molecule has 0 aliphatic carbocycles. The van der Waals surface area contributed by atoms with E-state index in [1.165, 1.54) is 10.4 Å². The first kappa shape index (κ1) is 18.7. The maximum absolute atomic E-state index is 11.1. The monoisotopic (exact) mass is 325 g/mol. The molecule has 2 rings (SSSR count). The molecule has 1 unspecified atom stereocenters. The Balaban J connectivity index is 0.00000162. The van der Waals surface area contributed by atoms with E-state index >= 15 is 0 Å². The van der Waals surface area contributed by atoms with E-state index in [0.717, 1.165) is 19.5 Å². The number of nitrogens with one attached hydrogen (secondary N) is 1. The molecule has 0 radical (unpaired) electrons. The van der Waals surface area contributed by atoms with Gasteiger partial charge in [-0.2, -0.15) is 0 Å². The standard InChI is InChI=1S/C12H19N3OS.2ClH/c1-9(7-14-12(16)6-13)15-4-2-11-10(8-15)3-5-17-11;;/h3,5,9H,2,4,6-8,13H2,1H3,(H,14,16);2*1H. The highest BCUT2D eigenvalue weighted by molar-refractivity contribution is 7.10. The van der Waals surface area contributed by atoms with Gasteiger partial charge >= 0.3 is 0 Å². The number of rotatable bonds is 4. The van der Waals surface area contributed by atoms with Crippen LogP contribution in [0, 0.1) is 0 Å². The van der Waals surface area contributed by atoms with Crippen LogP contribution in [0.1, 0.15) is 17.4 Å². The number of hydrogen-bond acceptors (Lipinski definition) is 4. The zero-order valence-electron chi connectivity index (χ0n) is 10.9. The quantitative estimate of drug-likeness (QED) is 0.880. The second-order valence-corrected chi connectivity index (χ2v) is 5.45. The number of thiophene rings is 1. The van der Waals surface area contributed by atoms with Crippen molar-refractivity contribution in [2.24, 2.45) is 5.73 Å². The van der Waals surface area contributed by atoms with Crippen LogP contribution in [0.5, 0.6) is 0 Å². The minimum atomic E-state index is -0.0786. The molecule has 0 bridgehead atoms. The molecule has 0 saturated heterocycles. The lowest BCUT2D eigenvalue weighted by Gasteiger charge is -2.32. The summed E-state index contributed by atoms with van der Waals surface area (Å²) in [7, 11) is 0. The summed E-state index contributed by atoms with van der Waals surface area (Å²) < 4.78 is 0. The molecule has 1 aromatic rings. The van der Waals surface area contributed by atoms with Crippen molar-refractivity contribution in [3.63, 3.8) is 0 Å². The van der Waals surface area contributed by atoms with E-state index in [-0.39, 0.29) is 37.3 Å². The molecular weight excluding hydrogens is 305 g/mol. The largest absolute Gasteiger partial charge is 0.353 e. The lowest BCUT2D eigenvalue weighted by molar-refractivity contribution is -0.119. The molecule has 7 heteroatoms. The van der Waals surface area contributed by atoms with Crippen LogP contribution in [0.3, 0.4) is 0 Å². The van der Waals surface area contributed by atoms with E-state index in [2.05, 4.69) is 28.6 Å². The Morgan fingerprint density at radius 3 is 3.00 bits per heavy atom. The van der Waals surface area contributed by atoms with Gasteiger partial charge in [0.15, 0.2) is 0 Å². The van der Waals surface area contributed by atoms with Crippen molar-refractivity contribution in [3.05, 3.63) is 21.9 Å². The molecule has 0 fully saturated rings. The minimum absolute atomic E-state index is 0. The van der Waals surface area contributed by atoms with Crippen molar-refractivity contribution in [2.45, 2.75) is 25.9 Å². The Labute approximate surface area is 130 Å². The van der Waals surface area contributed by atoms with Gasteiger partial charge in [-0.05, 0) is 30.4 Å². The second-order valence-electron chi connectivity index (χ2n) is 4.45. The number of nitrogens with two attached hydrogens (primary N) is 1. The molecule has 1 atom stereocenters. The van der Waals surface area contributed by atoms with Crippen molar-refractivity contribution in [2.75, 3.05) is 19.6 Å². The Morgan fingerprint density at radius 2 is 2.32 bits per heavy atom. The van der Waals surface area contributed by atoms with Crippen LogP contribution in [-0.2, 0) is 17.8 Å². The van der Waals surface area contributed by atoms with Gasteiger partial charge in [0.05, 0.1) is 6.54 Å². The first-order chi connectivity index (χ1) is 8.20. The average molecular weight is 326 g/mol. The normalized spacial score (nSPS) is 15.7. The lowest BCUT2D eigenvalue weighted by atomic mass is 10.1. The third-order valence-corrected chi connectivity index (χ3v) is 4.26. The van der Waals surface area contributed by atoms with Gasteiger partial charge in [0.2, 0.25) is 5.91 Å². The second kappa shape index (κ2) is 8.76. The highest BCUT2D eigenvalue weighted by atomic mass is 35.5. The van der Waals surface area contributed by atoms with Crippen molar-refractivity contribution in [1.82, 2.24) is 10.2 Å². The Hall–Kier alpha value is -0.330. The molecular formula is C12H21Cl2N3OS. The van der Waals surface area contributed by atoms with Crippen molar-refractivity contribution in [1.29, 1.82) is 0 Å². The summed E-state index contributed by atoms with van der Waals surface area (Å²) in [5.41, 5.74) is 6.70. The summed E-state index contributed by atoms with van der Waals surface area (Å²) in [4.78, 5) is 15.0. The lowest BCUT2D eigenvalue weighted by Crippen LogP contribution is -2.45. The fraction of sp³-hybridized carbons (Fsp3) is 0.583. The SMILES string of the molecule is CC(CNC(=O)CN)N1CCc2sccc2C1.Cl.Cl. The molecule has 4 nitrogen and oxygen atoms in total. The first-order valence-corrected chi connectivity index (χ1v) is 6.84. The van der Waals surface area contributed by atoms with Crippen LogP contribution in [0.15, 0.2) is 11.4 Å². The topological polar surface area (TPSA) is 58.4 Å². The third-order valence-electron chi connectivity index (χ3n) is 3.24. The van der Waals surface area contributed by atoms with Gasteiger partial charge in [0.1, 0.15) is 0 Å². The molecule has 2 heterocycles. The summed E-state index contributed by atoms with van der Waals surface area (Å²) in [5.74, 6) is -0.0786. The fourth-order valence-corrected chi connectivity index (χ4v) is 3.00. The molecule has 1 aliphatic rings. The fourth-order valence-electron chi connectivity index (χ4n) is 2.11. The number of fused-ring (bicyclic) bond motifs is 1. The highest BCUT2D eigenvalue weighted by Crippen LogP contribution is 2.24. The van der Waals surface area contributed by atoms with E-state index < -0.39 is 0 Å². The van der Waals surface area contributed by atoms with Crippen molar-refractivity contribution >= 4 is 42.1 Å². The predicted octanol–water partition coefficient (Wildman–Crippen LogP) is 1.41. The molecule has 0 aromatic carbocycles. The van der Waals surface area contributed by atoms with Gasteiger partial charge in [-0.15, -0.1) is 36.2 Å². The molecule has 3 N–H and O–H groups in total. The van der Waals surface area contributed by atoms with E-state index in [4.69, 9.17) is 5.73 Å². The summed E-state index contributed by atoms with van der Waals surface area (Å²) in [6, 6.07) is 2.57. The number of hydrogen-bond donors (Lipinski definition) is 2. The zero-order valence-corrected chi connectivity index (χ0v) is 13.4. The number of carbonyl (C=O) groups is 1. The van der Waals surface area contributed by atoms with E-state index in [1.807, 2.05) is 11.3 Å². The average Bonchev–Trinajstić information content (AvgIpc) is 2.82. The summed E-state index contributed by atoms with van der Waals surface area (Å²) in [6.07, 6.45) is 1.13. The maximum Gasteiger partial charge on any atom is 0.233 e. The van der Waals surface area contributed by atoms with Gasteiger partial charge in [-0.1, -0.05) is 0 Å². The van der Waals surface area contributed by atoms with Gasteiger partial charge in [-0.3, -0.25) is 9.69 Å². The number of nitrogens with zero attached hydrogens (tertiary/aromatic N) is 1. The van der Waals surface area contributed by atoms with Crippen LogP contribution in [0.4, 0.5) is 0 Å². The third kappa shape index (κ3) is 4.93. The van der Waals surface area contributed by atoms with E-state index in [9.17, 15) is 4.79 Å². The van der Waals surface area contributed by atoms with Crippen LogP contribution < -0.4 is 11.1 Å². The van der Waals surface area contributed by atoms with Gasteiger partial charge in [0, 0.05) is 30.6 Å². The highest BCUT2D eigenvalue weighted by Gasteiger charge is 2.21. The minimum Gasteiger partial charge on any atom is -0.353 e. The number of amides is 1. The van der Waals surface area contributed by atoms with Crippen LogP contribution in [0.25, 0.3) is 0 Å². The Morgan fingerprint density at radius 1 is 1.58 bits per heavy atom. The van der Waals surface area contributed by atoms with Gasteiger partial charge in [-0.25, -0.2) is 0 Å². The van der Waals surface area contributed by atoms with Crippen LogP contribution in [0.2, 0.25) is 0 Å². The number of halogens is 2. The molecule has 0 saturated carbocycles. The molecule has 0 spiro atoms. The Bertz CT molecular complexity index is 400. The number of carbonyl (C=O) groups excluding carboxylic acids is 1. The zero-order chi connectivity index (χ0) is 12.3. The summed E-state index contributed by atoms with van der Waals surface area (Å²) >= 11 is 1.85. The first-order valence-electron chi connectivity index (χ1n) is 5.96. The van der Waals surface area contributed by atoms with Crippen molar-refractivity contribution in [3.8, 4) is 0 Å². The Kier molecular flexibility index (Phi) is 8.61. The smallest absolute Gasteiger partial charge is 0.233 e. The van der Waals surface area contributed by atoms with Gasteiger partial charge in [0.25, 0.3) is 0 Å². The van der Waals surface area contributed by atoms with E-state index in [1.54, 1.807) is 0 Å². The van der Waals surface area contributed by atoms with Crippen LogP contribution >= 0.6 is 36.2 Å². The van der Waals surface area contributed by atoms with Crippen molar-refractivity contribution < 1.29 is 4.79 Å².